The normalized spacial score (nSPS) is 17.8. The van der Waals surface area contributed by atoms with Crippen molar-refractivity contribution in [2.75, 3.05) is 0 Å². The third-order valence-electron chi connectivity index (χ3n) is 3.22. The van der Waals surface area contributed by atoms with Crippen molar-refractivity contribution in [3.05, 3.63) is 28.9 Å². The number of carboxylic acids is 1. The molecule has 2 rings (SSSR count). The highest BCUT2D eigenvalue weighted by molar-refractivity contribution is 8.26. The lowest BCUT2D eigenvalue weighted by Gasteiger charge is -2.27. The minimum absolute atomic E-state index is 0.121. The zero-order chi connectivity index (χ0) is 17.1. The predicted molar refractivity (Wildman–Crippen MR) is 87.6 cm³/mol. The number of aryl methyl sites for hydroxylation is 1. The van der Waals surface area contributed by atoms with Gasteiger partial charge in [0.05, 0.1) is 16.9 Å². The fraction of sp³-hybridized carbons (Fsp3) is 0.286. The highest BCUT2D eigenvalue weighted by atomic mass is 32.2. The molecule has 0 bridgehead atoms. The van der Waals surface area contributed by atoms with E-state index >= 15 is 0 Å². The first-order valence-corrected chi connectivity index (χ1v) is 7.90. The van der Waals surface area contributed by atoms with E-state index < -0.39 is 23.8 Å². The Kier molecular flexibility index (Phi) is 5.22. The molecule has 0 saturated carbocycles. The number of aliphatic carboxylic acids is 1. The summed E-state index contributed by atoms with van der Waals surface area (Å²) in [6.07, 6.45) is 4.97. The maximum atomic E-state index is 12.5. The van der Waals surface area contributed by atoms with Gasteiger partial charge in [-0.25, -0.2) is 0 Å². The first kappa shape index (κ1) is 17.2. The Labute approximate surface area is 142 Å². The molecule has 23 heavy (non-hydrogen) atoms. The molecule has 9 heteroatoms. The molecule has 1 atom stereocenters. The van der Waals surface area contributed by atoms with Gasteiger partial charge in [0.15, 0.2) is 0 Å². The molecular weight excluding hydrogens is 338 g/mol. The lowest BCUT2D eigenvalue weighted by atomic mass is 10.1. The first-order valence-electron chi connectivity index (χ1n) is 6.68. The van der Waals surface area contributed by atoms with E-state index in [2.05, 4.69) is 0 Å². The fourth-order valence-corrected chi connectivity index (χ4v) is 3.50. The maximum absolute atomic E-state index is 12.5. The van der Waals surface area contributed by atoms with Crippen LogP contribution in [-0.2, 0) is 21.4 Å². The van der Waals surface area contributed by atoms with Gasteiger partial charge < -0.3 is 20.2 Å². The maximum Gasteiger partial charge on any atom is 0.266 e. The van der Waals surface area contributed by atoms with E-state index in [0.29, 0.717) is 4.91 Å². The molecule has 1 aromatic rings. The van der Waals surface area contributed by atoms with Crippen molar-refractivity contribution in [1.82, 2.24) is 9.47 Å². The SMILES string of the molecule is Cn1ccc(/C=C2/SC(=S)N([C@H](CCC(N)=O)C(=O)[O-])C2=O)c1. The lowest BCUT2D eigenvalue weighted by Crippen LogP contribution is -2.50. The van der Waals surface area contributed by atoms with Gasteiger partial charge in [-0.05, 0) is 24.1 Å². The standard InChI is InChI=1S/C14H15N3O4S2/c1-16-5-4-8(7-16)6-10-12(19)17(14(22)23-10)9(13(20)21)2-3-11(15)18/h4-7,9H,2-3H2,1H3,(H2,15,18)(H,20,21)/p-1/b10-6+/t9-/m1/s1. The fourth-order valence-electron chi connectivity index (χ4n) is 2.14. The van der Waals surface area contributed by atoms with Crippen molar-refractivity contribution in [2.45, 2.75) is 18.9 Å². The molecule has 0 radical (unpaired) electrons. The summed E-state index contributed by atoms with van der Waals surface area (Å²) < 4.78 is 1.94. The molecule has 1 aliphatic heterocycles. The summed E-state index contributed by atoms with van der Waals surface area (Å²) >= 11 is 6.12. The van der Waals surface area contributed by atoms with Gasteiger partial charge in [-0.3, -0.25) is 14.5 Å². The smallest absolute Gasteiger partial charge is 0.266 e. The molecule has 1 aliphatic rings. The average Bonchev–Trinajstić information content (AvgIpc) is 2.96. The number of nitrogens with zero attached hydrogens (tertiary/aromatic N) is 2. The number of carbonyl (C=O) groups is 3. The molecule has 2 N–H and O–H groups in total. The molecule has 122 valence electrons. The number of nitrogens with two attached hydrogens (primary N) is 1. The molecule has 0 spiro atoms. The first-order chi connectivity index (χ1) is 10.8. The molecule has 0 aliphatic carbocycles. The predicted octanol–water partition coefficient (Wildman–Crippen LogP) is -0.390. The van der Waals surface area contributed by atoms with Gasteiger partial charge in [0.2, 0.25) is 5.91 Å². The average molecular weight is 352 g/mol. The van der Waals surface area contributed by atoms with Crippen LogP contribution < -0.4 is 10.8 Å². The third kappa shape index (κ3) is 3.99. The molecule has 2 heterocycles. The second-order valence-corrected chi connectivity index (χ2v) is 6.68. The number of primary amides is 1. The molecule has 7 nitrogen and oxygen atoms in total. The van der Waals surface area contributed by atoms with Gasteiger partial charge >= 0.3 is 0 Å². The summed E-state index contributed by atoms with van der Waals surface area (Å²) in [6.45, 7) is 0. The van der Waals surface area contributed by atoms with Crippen molar-refractivity contribution in [3.63, 3.8) is 0 Å². The van der Waals surface area contributed by atoms with Gasteiger partial charge in [-0.15, -0.1) is 0 Å². The Morgan fingerprint density at radius 1 is 1.52 bits per heavy atom. The number of hydrogen-bond acceptors (Lipinski definition) is 6. The van der Waals surface area contributed by atoms with Crippen molar-refractivity contribution >= 4 is 52.2 Å². The monoisotopic (exact) mass is 352 g/mol. The second kappa shape index (κ2) is 6.97. The number of carboxylic acid groups (broad SMARTS) is 1. The molecule has 1 aromatic heterocycles. The molecular formula is C14H14N3O4S2-. The molecule has 1 fully saturated rings. The van der Waals surface area contributed by atoms with Crippen LogP contribution in [0.15, 0.2) is 23.4 Å². The second-order valence-electron chi connectivity index (χ2n) is 5.00. The Hall–Kier alpha value is -2.13. The largest absolute Gasteiger partial charge is 0.548 e. The summed E-state index contributed by atoms with van der Waals surface area (Å²) in [6, 6.07) is 0.507. The molecule has 0 unspecified atom stereocenters. The van der Waals surface area contributed by atoms with E-state index in [1.165, 1.54) is 0 Å². The Bertz CT molecular complexity index is 711. The van der Waals surface area contributed by atoms with E-state index in [-0.39, 0.29) is 17.2 Å². The van der Waals surface area contributed by atoms with Crippen LogP contribution in [0.4, 0.5) is 0 Å². The molecule has 1 saturated heterocycles. The van der Waals surface area contributed by atoms with Crippen LogP contribution in [0.1, 0.15) is 18.4 Å². The highest BCUT2D eigenvalue weighted by Gasteiger charge is 2.37. The van der Waals surface area contributed by atoms with Crippen LogP contribution in [0.25, 0.3) is 6.08 Å². The van der Waals surface area contributed by atoms with Crippen LogP contribution in [0.5, 0.6) is 0 Å². The van der Waals surface area contributed by atoms with Crippen molar-refractivity contribution < 1.29 is 19.5 Å². The lowest BCUT2D eigenvalue weighted by molar-refractivity contribution is -0.310. The van der Waals surface area contributed by atoms with Crippen LogP contribution >= 0.6 is 24.0 Å². The van der Waals surface area contributed by atoms with Gasteiger partial charge in [0.25, 0.3) is 5.91 Å². The molecule has 2 amide bonds. The quantitative estimate of drug-likeness (QED) is 0.552. The van der Waals surface area contributed by atoms with E-state index in [1.54, 1.807) is 6.08 Å². The zero-order valence-electron chi connectivity index (χ0n) is 12.2. The van der Waals surface area contributed by atoms with E-state index in [0.717, 1.165) is 22.2 Å². The number of rotatable bonds is 6. The Morgan fingerprint density at radius 2 is 2.22 bits per heavy atom. The zero-order valence-corrected chi connectivity index (χ0v) is 13.9. The Balaban J connectivity index is 2.24. The van der Waals surface area contributed by atoms with Crippen LogP contribution in [-0.4, -0.2) is 37.6 Å². The van der Waals surface area contributed by atoms with Gasteiger partial charge in [0.1, 0.15) is 4.32 Å². The third-order valence-corrected chi connectivity index (χ3v) is 4.55. The highest BCUT2D eigenvalue weighted by Crippen LogP contribution is 2.34. The van der Waals surface area contributed by atoms with Crippen LogP contribution in [0, 0.1) is 0 Å². The summed E-state index contributed by atoms with van der Waals surface area (Å²) in [5.74, 6) is -2.63. The van der Waals surface area contributed by atoms with E-state index in [4.69, 9.17) is 18.0 Å². The number of thiocarbonyl (C=S) groups is 1. The number of thioether (sulfide) groups is 1. The number of carbonyl (C=O) groups excluding carboxylic acids is 3. The molecule has 0 aromatic carbocycles. The van der Waals surface area contributed by atoms with Gasteiger partial charge in [-0.2, -0.15) is 0 Å². The van der Waals surface area contributed by atoms with Gasteiger partial charge in [-0.1, -0.05) is 24.0 Å². The summed E-state index contributed by atoms with van der Waals surface area (Å²) in [5, 5.41) is 11.3. The Morgan fingerprint density at radius 3 is 2.74 bits per heavy atom. The number of amides is 2. The number of hydrogen-bond donors (Lipinski definition) is 1. The minimum Gasteiger partial charge on any atom is -0.548 e. The van der Waals surface area contributed by atoms with Gasteiger partial charge in [0, 0.05) is 25.9 Å². The summed E-state index contributed by atoms with van der Waals surface area (Å²) in [7, 11) is 1.85. The van der Waals surface area contributed by atoms with E-state index in [9.17, 15) is 19.5 Å². The van der Waals surface area contributed by atoms with E-state index in [1.807, 2.05) is 30.1 Å². The van der Waals surface area contributed by atoms with Crippen molar-refractivity contribution in [2.24, 2.45) is 12.8 Å². The number of aromatic nitrogens is 1. The van der Waals surface area contributed by atoms with Crippen LogP contribution in [0.2, 0.25) is 0 Å². The summed E-state index contributed by atoms with van der Waals surface area (Å²) in [4.78, 5) is 35.9. The van der Waals surface area contributed by atoms with Crippen LogP contribution in [0.3, 0.4) is 0 Å². The topological polar surface area (TPSA) is 108 Å². The minimum atomic E-state index is -1.47. The van der Waals surface area contributed by atoms with Crippen molar-refractivity contribution in [1.29, 1.82) is 0 Å². The van der Waals surface area contributed by atoms with Crippen molar-refractivity contribution in [3.8, 4) is 0 Å². The summed E-state index contributed by atoms with van der Waals surface area (Å²) in [5.41, 5.74) is 5.83.